The van der Waals surface area contributed by atoms with Gasteiger partial charge in [0.2, 0.25) is 0 Å². The van der Waals surface area contributed by atoms with E-state index in [1.165, 1.54) is 17.0 Å². The van der Waals surface area contributed by atoms with Gasteiger partial charge in [0.05, 0.1) is 5.52 Å². The third kappa shape index (κ3) is 4.17. The smallest absolute Gasteiger partial charge is 0.329 e. The van der Waals surface area contributed by atoms with Crippen LogP contribution < -0.4 is 5.73 Å². The first-order chi connectivity index (χ1) is 14.4. The van der Waals surface area contributed by atoms with Crippen molar-refractivity contribution >= 4 is 51.8 Å². The van der Waals surface area contributed by atoms with Gasteiger partial charge in [-0.1, -0.05) is 35.3 Å². The molecular formula is C21H18Cl2N4O3. The van der Waals surface area contributed by atoms with Gasteiger partial charge in [0, 0.05) is 27.5 Å². The first-order valence-corrected chi connectivity index (χ1v) is 10.1. The zero-order valence-corrected chi connectivity index (χ0v) is 17.4. The van der Waals surface area contributed by atoms with Crippen LogP contribution in [0.1, 0.15) is 29.0 Å². The lowest BCUT2D eigenvalue weighted by atomic mass is 10.1. The van der Waals surface area contributed by atoms with Crippen LogP contribution in [0.3, 0.4) is 0 Å². The number of carbonyl (C=O) groups excluding carboxylic acids is 2. The van der Waals surface area contributed by atoms with E-state index in [4.69, 9.17) is 33.7 Å². The van der Waals surface area contributed by atoms with Gasteiger partial charge in [0.1, 0.15) is 11.9 Å². The lowest BCUT2D eigenvalue weighted by Gasteiger charge is -2.23. The Balaban J connectivity index is 1.47. The minimum atomic E-state index is -0.687. The third-order valence-corrected chi connectivity index (χ3v) is 5.35. The average molecular weight is 445 g/mol. The van der Waals surface area contributed by atoms with Crippen LogP contribution in [0.4, 0.5) is 5.82 Å². The Morgan fingerprint density at radius 3 is 2.63 bits per heavy atom. The lowest BCUT2D eigenvalue weighted by molar-refractivity contribution is -0.149. The number of ether oxygens (including phenoxy) is 1. The zero-order chi connectivity index (χ0) is 21.3. The maximum absolute atomic E-state index is 12.9. The number of anilines is 1. The molecule has 4 rings (SSSR count). The lowest BCUT2D eigenvalue weighted by Crippen LogP contribution is -2.41. The van der Waals surface area contributed by atoms with Crippen LogP contribution in [0.2, 0.25) is 10.0 Å². The molecule has 1 amide bonds. The molecule has 1 saturated heterocycles. The van der Waals surface area contributed by atoms with Gasteiger partial charge in [0.15, 0.2) is 12.4 Å². The van der Waals surface area contributed by atoms with Crippen molar-refractivity contribution in [3.63, 3.8) is 0 Å². The van der Waals surface area contributed by atoms with Crippen LogP contribution in [0, 0.1) is 0 Å². The zero-order valence-electron chi connectivity index (χ0n) is 15.8. The predicted octanol–water partition coefficient (Wildman–Crippen LogP) is 3.87. The number of esters is 1. The summed E-state index contributed by atoms with van der Waals surface area (Å²) in [5.74, 6) is -0.200. The summed E-state index contributed by atoms with van der Waals surface area (Å²) in [4.78, 5) is 35.6. The molecule has 0 saturated carbocycles. The highest BCUT2D eigenvalue weighted by atomic mass is 35.5. The molecular weight excluding hydrogens is 427 g/mol. The molecule has 9 heteroatoms. The van der Waals surface area contributed by atoms with Crippen LogP contribution in [-0.2, 0) is 16.1 Å². The van der Waals surface area contributed by atoms with Crippen molar-refractivity contribution in [3.8, 4) is 0 Å². The molecule has 1 atom stereocenters. The largest absolute Gasteiger partial charge is 0.456 e. The van der Waals surface area contributed by atoms with Gasteiger partial charge >= 0.3 is 5.97 Å². The van der Waals surface area contributed by atoms with Crippen LogP contribution in [0.5, 0.6) is 0 Å². The molecule has 1 aliphatic heterocycles. The Labute approximate surface area is 182 Å². The molecule has 0 aliphatic carbocycles. The summed E-state index contributed by atoms with van der Waals surface area (Å²) >= 11 is 12.0. The van der Waals surface area contributed by atoms with Crippen LogP contribution in [-0.4, -0.2) is 39.3 Å². The molecule has 1 aliphatic rings. The van der Waals surface area contributed by atoms with Crippen molar-refractivity contribution in [2.75, 3.05) is 12.3 Å². The van der Waals surface area contributed by atoms with Gasteiger partial charge < -0.3 is 15.4 Å². The molecule has 7 nitrogen and oxygen atoms in total. The van der Waals surface area contributed by atoms with Gasteiger partial charge in [-0.3, -0.25) is 4.79 Å². The van der Waals surface area contributed by atoms with E-state index in [-0.39, 0.29) is 12.5 Å². The van der Waals surface area contributed by atoms with E-state index in [1.54, 1.807) is 6.07 Å². The van der Waals surface area contributed by atoms with E-state index in [0.29, 0.717) is 52.2 Å². The molecule has 2 heterocycles. The summed E-state index contributed by atoms with van der Waals surface area (Å²) in [5.41, 5.74) is 6.97. The van der Waals surface area contributed by atoms with Gasteiger partial charge in [-0.2, -0.15) is 0 Å². The second-order valence-electron chi connectivity index (χ2n) is 6.96. The number of carbonyl (C=O) groups is 2. The van der Waals surface area contributed by atoms with Crippen LogP contribution in [0.25, 0.3) is 10.9 Å². The fraction of sp³-hybridized carbons (Fsp3) is 0.238. The second kappa shape index (κ2) is 8.45. The topological polar surface area (TPSA) is 98.4 Å². The van der Waals surface area contributed by atoms with Crippen LogP contribution in [0.15, 0.2) is 42.5 Å². The van der Waals surface area contributed by atoms with Crippen molar-refractivity contribution in [3.05, 3.63) is 63.9 Å². The van der Waals surface area contributed by atoms with E-state index in [2.05, 4.69) is 9.97 Å². The maximum atomic E-state index is 12.9. The SMILES string of the molecule is Nc1nc(COC(=O)[C@H]2CCCN2C(=O)c2cc(Cl)cc(Cl)c2)nc2ccccc12. The summed E-state index contributed by atoms with van der Waals surface area (Å²) in [6.07, 6.45) is 1.21. The standard InChI is InChI=1S/C21H18Cl2N4O3/c22-13-8-12(9-14(23)10-13)20(28)27-7-3-6-17(27)21(29)30-11-18-25-16-5-2-1-4-15(16)19(24)26-18/h1-2,4-5,8-10,17H,3,6-7,11H2,(H2,24,25,26)/t17-/m1/s1. The number of benzene rings is 2. The number of fused-ring (bicyclic) bond motifs is 1. The first kappa shape index (κ1) is 20.4. The number of nitrogens with two attached hydrogens (primary N) is 1. The average Bonchev–Trinajstić information content (AvgIpc) is 3.21. The van der Waals surface area contributed by atoms with Crippen molar-refractivity contribution in [1.82, 2.24) is 14.9 Å². The highest BCUT2D eigenvalue weighted by molar-refractivity contribution is 6.35. The van der Waals surface area contributed by atoms with Gasteiger partial charge in [-0.05, 0) is 43.2 Å². The summed E-state index contributed by atoms with van der Waals surface area (Å²) in [6.45, 7) is 0.317. The highest BCUT2D eigenvalue weighted by Crippen LogP contribution is 2.25. The van der Waals surface area contributed by atoms with Crippen molar-refractivity contribution in [1.29, 1.82) is 0 Å². The van der Waals surface area contributed by atoms with Crippen LogP contribution >= 0.6 is 23.2 Å². The van der Waals surface area contributed by atoms with E-state index in [9.17, 15) is 9.59 Å². The predicted molar refractivity (Wildman–Crippen MR) is 114 cm³/mol. The number of para-hydroxylation sites is 1. The minimum absolute atomic E-state index is 0.130. The van der Waals surface area contributed by atoms with Gasteiger partial charge in [-0.15, -0.1) is 0 Å². The Morgan fingerprint density at radius 1 is 1.13 bits per heavy atom. The normalized spacial score (nSPS) is 16.1. The maximum Gasteiger partial charge on any atom is 0.329 e. The van der Waals surface area contributed by atoms with E-state index in [0.717, 1.165) is 5.39 Å². The fourth-order valence-electron chi connectivity index (χ4n) is 3.55. The number of aromatic nitrogens is 2. The molecule has 154 valence electrons. The van der Waals surface area contributed by atoms with Gasteiger partial charge in [-0.25, -0.2) is 14.8 Å². The number of nitrogen functional groups attached to an aromatic ring is 1. The van der Waals surface area contributed by atoms with E-state index >= 15 is 0 Å². The minimum Gasteiger partial charge on any atom is -0.456 e. The molecule has 1 fully saturated rings. The number of rotatable bonds is 4. The number of hydrogen-bond acceptors (Lipinski definition) is 6. The number of amides is 1. The Bertz CT molecular complexity index is 1120. The number of halogens is 2. The van der Waals surface area contributed by atoms with Crippen molar-refractivity contribution < 1.29 is 14.3 Å². The summed E-state index contributed by atoms with van der Waals surface area (Å²) in [6, 6.07) is 11.2. The molecule has 0 bridgehead atoms. The molecule has 2 aromatic carbocycles. The fourth-order valence-corrected chi connectivity index (χ4v) is 4.07. The molecule has 2 N–H and O–H groups in total. The molecule has 0 unspecified atom stereocenters. The van der Waals surface area contributed by atoms with Gasteiger partial charge in [0.25, 0.3) is 5.91 Å². The molecule has 0 radical (unpaired) electrons. The Morgan fingerprint density at radius 2 is 1.87 bits per heavy atom. The summed E-state index contributed by atoms with van der Waals surface area (Å²) in [5, 5.41) is 1.45. The van der Waals surface area contributed by atoms with Crippen molar-refractivity contribution in [2.45, 2.75) is 25.5 Å². The number of nitrogens with zero attached hydrogens (tertiary/aromatic N) is 3. The molecule has 3 aromatic rings. The Hall–Kier alpha value is -2.90. The third-order valence-electron chi connectivity index (χ3n) is 4.92. The molecule has 0 spiro atoms. The second-order valence-corrected chi connectivity index (χ2v) is 7.84. The summed E-state index contributed by atoms with van der Waals surface area (Å²) < 4.78 is 5.41. The number of hydrogen-bond donors (Lipinski definition) is 1. The Kier molecular flexibility index (Phi) is 5.74. The molecule has 30 heavy (non-hydrogen) atoms. The summed E-state index contributed by atoms with van der Waals surface area (Å²) in [7, 11) is 0. The molecule has 1 aromatic heterocycles. The monoisotopic (exact) mass is 444 g/mol. The quantitative estimate of drug-likeness (QED) is 0.613. The number of likely N-dealkylation sites (tertiary alicyclic amines) is 1. The highest BCUT2D eigenvalue weighted by Gasteiger charge is 2.36. The first-order valence-electron chi connectivity index (χ1n) is 9.37. The van der Waals surface area contributed by atoms with Crippen molar-refractivity contribution in [2.24, 2.45) is 0 Å². The van der Waals surface area contributed by atoms with E-state index < -0.39 is 12.0 Å². The van der Waals surface area contributed by atoms with E-state index in [1.807, 2.05) is 24.3 Å².